The van der Waals surface area contributed by atoms with Crippen LogP contribution in [0, 0.1) is 11.6 Å². The van der Waals surface area contributed by atoms with E-state index >= 15 is 0 Å². The van der Waals surface area contributed by atoms with Crippen LogP contribution in [-0.4, -0.2) is 46.3 Å². The SMILES string of the molecule is CON(Cc1cc(C(=O)NOCCO)c(NC2=C(F)C=IC=C2)c(F)c1F)C(C)=O. The number of aliphatic hydroxyl groups excluding tert-OH is 1. The van der Waals surface area contributed by atoms with Crippen molar-refractivity contribution in [2.75, 3.05) is 25.6 Å². The van der Waals surface area contributed by atoms with Crippen LogP contribution in [0.5, 0.6) is 0 Å². The quantitative estimate of drug-likeness (QED) is 0.253. The first-order chi connectivity index (χ1) is 14.3. The molecule has 3 N–H and O–H groups in total. The Kier molecular flexibility index (Phi) is 8.95. The molecule has 8 nitrogen and oxygen atoms in total. The summed E-state index contributed by atoms with van der Waals surface area (Å²) in [5, 5.41) is 11.9. The second-order valence-corrected chi connectivity index (χ2v) is 7.80. The van der Waals surface area contributed by atoms with Gasteiger partial charge in [0.05, 0.1) is 43.8 Å². The highest BCUT2D eigenvalue weighted by Crippen LogP contribution is 2.30. The number of carbonyl (C=O) groups excluding carboxylic acids is 2. The highest BCUT2D eigenvalue weighted by Gasteiger charge is 2.25. The summed E-state index contributed by atoms with van der Waals surface area (Å²) in [5.41, 5.74) is 0.469. The number of aliphatic hydroxyl groups is 1. The van der Waals surface area contributed by atoms with Gasteiger partial charge in [0.15, 0.2) is 17.5 Å². The first kappa shape index (κ1) is 24.0. The number of hydroxylamine groups is 3. The molecule has 0 atom stereocenters. The van der Waals surface area contributed by atoms with Crippen molar-refractivity contribution in [1.29, 1.82) is 0 Å². The fourth-order valence-corrected chi connectivity index (χ4v) is 3.76. The molecule has 0 bridgehead atoms. The number of anilines is 1. The minimum Gasteiger partial charge on any atom is -0.394 e. The van der Waals surface area contributed by atoms with Gasteiger partial charge < -0.3 is 10.4 Å². The maximum atomic E-state index is 14.9. The number of carbonyl (C=O) groups is 2. The molecular formula is C18H19F3IN3O5. The predicted molar refractivity (Wildman–Crippen MR) is 111 cm³/mol. The Bertz CT molecular complexity index is 921. The highest BCUT2D eigenvalue weighted by molar-refractivity contribution is 14.2. The zero-order valence-electron chi connectivity index (χ0n) is 16.0. The lowest BCUT2D eigenvalue weighted by Crippen LogP contribution is -2.29. The largest absolute Gasteiger partial charge is 0.394 e. The molecule has 0 spiro atoms. The second-order valence-electron chi connectivity index (χ2n) is 5.74. The average Bonchev–Trinajstić information content (AvgIpc) is 2.72. The van der Waals surface area contributed by atoms with Gasteiger partial charge in [0, 0.05) is 16.5 Å². The van der Waals surface area contributed by atoms with Crippen LogP contribution in [-0.2, 0) is 21.0 Å². The smallest absolute Gasteiger partial charge is 0.277 e. The minimum absolute atomic E-state index is 0.139. The second kappa shape index (κ2) is 11.2. The molecule has 1 aromatic rings. The Hall–Kier alpha value is -2.29. The lowest BCUT2D eigenvalue weighted by Gasteiger charge is -2.21. The van der Waals surface area contributed by atoms with Crippen LogP contribution >= 0.6 is 20.7 Å². The molecule has 0 radical (unpaired) electrons. The summed E-state index contributed by atoms with van der Waals surface area (Å²) in [6.07, 6.45) is 1.38. The highest BCUT2D eigenvalue weighted by atomic mass is 127. The van der Waals surface area contributed by atoms with Crippen LogP contribution in [0.25, 0.3) is 0 Å². The van der Waals surface area contributed by atoms with Gasteiger partial charge in [-0.3, -0.25) is 19.3 Å². The number of hydrogen-bond acceptors (Lipinski definition) is 6. The van der Waals surface area contributed by atoms with Crippen LogP contribution in [0.3, 0.4) is 0 Å². The van der Waals surface area contributed by atoms with Crippen molar-refractivity contribution in [1.82, 2.24) is 10.5 Å². The van der Waals surface area contributed by atoms with Crippen molar-refractivity contribution < 1.29 is 37.5 Å². The van der Waals surface area contributed by atoms with Gasteiger partial charge in [0.2, 0.25) is 5.91 Å². The standard InChI is InChI=1S/C18H19F3IN3O5/c1-10(27)25(29-2)9-11-7-12(18(28)24-30-6-5-26)17(16(21)15(11)20)23-14-3-4-22-8-13(14)19/h3-4,7-8,23,26H,5-6,9H2,1-2H3,(H,24,28). The van der Waals surface area contributed by atoms with Gasteiger partial charge in [-0.2, -0.15) is 0 Å². The molecule has 164 valence electrons. The van der Waals surface area contributed by atoms with Crippen LogP contribution in [0.2, 0.25) is 0 Å². The van der Waals surface area contributed by atoms with E-state index in [1.54, 1.807) is 4.08 Å². The van der Waals surface area contributed by atoms with Crippen LogP contribution < -0.4 is 10.8 Å². The number of nitrogens with one attached hydrogen (secondary N) is 2. The summed E-state index contributed by atoms with van der Waals surface area (Å²) in [6, 6.07) is 0.995. The summed E-state index contributed by atoms with van der Waals surface area (Å²) in [7, 11) is 1.17. The number of amides is 2. The molecule has 2 rings (SSSR count). The minimum atomic E-state index is -1.45. The number of rotatable bonds is 9. The molecule has 0 saturated heterocycles. The van der Waals surface area contributed by atoms with Crippen molar-refractivity contribution >= 4 is 42.2 Å². The van der Waals surface area contributed by atoms with Gasteiger partial charge >= 0.3 is 0 Å². The first-order valence-corrected chi connectivity index (χ1v) is 10.9. The summed E-state index contributed by atoms with van der Waals surface area (Å²) in [6.45, 7) is 0.0429. The van der Waals surface area contributed by atoms with Crippen LogP contribution in [0.15, 0.2) is 27.7 Å². The van der Waals surface area contributed by atoms with E-state index in [0.717, 1.165) is 18.1 Å². The summed E-state index contributed by atoms with van der Waals surface area (Å²) in [5.74, 6) is -5.00. The maximum Gasteiger partial charge on any atom is 0.277 e. The monoisotopic (exact) mass is 541 g/mol. The van der Waals surface area contributed by atoms with Gasteiger partial charge in [-0.05, 0) is 16.2 Å². The normalized spacial score (nSPS) is 13.1. The lowest BCUT2D eigenvalue weighted by molar-refractivity contribution is -0.176. The van der Waals surface area contributed by atoms with Crippen molar-refractivity contribution in [3.63, 3.8) is 0 Å². The van der Waals surface area contributed by atoms with Crippen molar-refractivity contribution in [2.24, 2.45) is 0 Å². The van der Waals surface area contributed by atoms with Gasteiger partial charge in [0.1, 0.15) is 0 Å². The molecule has 1 aromatic carbocycles. The molecule has 1 aliphatic heterocycles. The van der Waals surface area contributed by atoms with Gasteiger partial charge in [-0.15, -0.1) is 0 Å². The molecule has 0 aromatic heterocycles. The van der Waals surface area contributed by atoms with E-state index in [2.05, 4.69) is 5.32 Å². The van der Waals surface area contributed by atoms with Crippen LogP contribution in [0.4, 0.5) is 18.9 Å². The van der Waals surface area contributed by atoms with E-state index in [9.17, 15) is 22.8 Å². The van der Waals surface area contributed by atoms with Crippen LogP contribution in [0.1, 0.15) is 22.8 Å². The molecule has 12 heteroatoms. The van der Waals surface area contributed by atoms with E-state index in [-0.39, 0.29) is 17.9 Å². The average molecular weight is 541 g/mol. The fraction of sp³-hybridized carbons (Fsp3) is 0.278. The summed E-state index contributed by atoms with van der Waals surface area (Å²) >= 11 is -0.619. The van der Waals surface area contributed by atoms with Gasteiger partial charge in [-0.25, -0.2) is 23.7 Å². The molecule has 0 unspecified atom stereocenters. The Labute approximate surface area is 180 Å². The Balaban J connectivity index is 2.51. The number of nitrogens with zero attached hydrogens (tertiary/aromatic N) is 1. The number of benzene rings is 1. The zero-order chi connectivity index (χ0) is 22.3. The maximum absolute atomic E-state index is 14.9. The van der Waals surface area contributed by atoms with Gasteiger partial charge in [0.25, 0.3) is 5.91 Å². The topological polar surface area (TPSA) is 100 Å². The molecular weight excluding hydrogens is 522 g/mol. The number of halogens is 4. The predicted octanol–water partition coefficient (Wildman–Crippen LogP) is 2.42. The molecule has 2 amide bonds. The van der Waals surface area contributed by atoms with Crippen molar-refractivity contribution in [3.8, 4) is 0 Å². The van der Waals surface area contributed by atoms with E-state index in [4.69, 9.17) is 14.8 Å². The first-order valence-electron chi connectivity index (χ1n) is 8.44. The zero-order valence-corrected chi connectivity index (χ0v) is 18.1. The number of hydrogen-bond donors (Lipinski definition) is 3. The molecule has 0 saturated carbocycles. The van der Waals surface area contributed by atoms with E-state index in [1.165, 1.54) is 17.2 Å². The summed E-state index contributed by atoms with van der Waals surface area (Å²) < 4.78 is 46.6. The van der Waals surface area contributed by atoms with E-state index in [0.29, 0.717) is 0 Å². The molecule has 0 aliphatic carbocycles. The molecule has 1 heterocycles. The molecule has 30 heavy (non-hydrogen) atoms. The Morgan fingerprint density at radius 2 is 2.00 bits per heavy atom. The third-order valence-electron chi connectivity index (χ3n) is 3.75. The Morgan fingerprint density at radius 3 is 2.60 bits per heavy atom. The third-order valence-corrected chi connectivity index (χ3v) is 5.43. The van der Waals surface area contributed by atoms with E-state index < -0.39 is 74.4 Å². The number of allylic oxidation sites excluding steroid dienone is 2. The third kappa shape index (κ3) is 5.87. The molecule has 0 fully saturated rings. The van der Waals surface area contributed by atoms with Gasteiger partial charge in [-0.1, -0.05) is 20.7 Å². The lowest BCUT2D eigenvalue weighted by atomic mass is 10.1. The van der Waals surface area contributed by atoms with Crippen molar-refractivity contribution in [2.45, 2.75) is 13.5 Å². The molecule has 1 aliphatic rings. The summed E-state index contributed by atoms with van der Waals surface area (Å²) in [4.78, 5) is 33.6. The van der Waals surface area contributed by atoms with Crippen molar-refractivity contribution in [3.05, 3.63) is 50.5 Å². The Morgan fingerprint density at radius 1 is 1.27 bits per heavy atom. The van der Waals surface area contributed by atoms with E-state index in [1.807, 2.05) is 5.48 Å². The fourth-order valence-electron chi connectivity index (χ4n) is 2.34.